The Kier molecular flexibility index (Phi) is 3.59. The van der Waals surface area contributed by atoms with Gasteiger partial charge in [-0.1, -0.05) is 0 Å². The number of amides is 3. The van der Waals surface area contributed by atoms with Gasteiger partial charge in [-0.3, -0.25) is 4.79 Å². The van der Waals surface area contributed by atoms with E-state index in [0.717, 1.165) is 19.3 Å². The molecule has 2 aliphatic heterocycles. The van der Waals surface area contributed by atoms with Crippen LogP contribution in [0.4, 0.5) is 4.79 Å². The lowest BCUT2D eigenvalue weighted by Gasteiger charge is -2.35. The molecule has 0 aromatic rings. The van der Waals surface area contributed by atoms with Gasteiger partial charge in [0.15, 0.2) is 0 Å². The highest BCUT2D eigenvalue weighted by Gasteiger charge is 2.41. The smallest absolute Gasteiger partial charge is 0.317 e. The molecule has 2 atom stereocenters. The standard InChI is InChI=1S/C13H21N3O3/c17-11-4-3-10(12(15-11)9-1-2-9)14-13(18)16-5-7-19-8-6-16/h9-10,12H,1-8H2,(H,14,18)(H,15,17). The van der Waals surface area contributed by atoms with Gasteiger partial charge in [0.25, 0.3) is 0 Å². The summed E-state index contributed by atoms with van der Waals surface area (Å²) in [5.41, 5.74) is 0. The molecule has 0 spiro atoms. The van der Waals surface area contributed by atoms with Crippen molar-refractivity contribution in [2.75, 3.05) is 26.3 Å². The third-order valence-electron chi connectivity index (χ3n) is 4.18. The lowest BCUT2D eigenvalue weighted by molar-refractivity contribution is -0.124. The lowest BCUT2D eigenvalue weighted by Crippen LogP contribution is -2.59. The number of morpholine rings is 1. The summed E-state index contributed by atoms with van der Waals surface area (Å²) in [6.07, 6.45) is 3.59. The first-order valence-corrected chi connectivity index (χ1v) is 7.16. The number of rotatable bonds is 2. The molecule has 3 rings (SSSR count). The Bertz CT molecular complexity index is 364. The minimum Gasteiger partial charge on any atom is -0.378 e. The number of nitrogens with one attached hydrogen (secondary N) is 2. The molecule has 2 saturated heterocycles. The normalized spacial score (nSPS) is 31.8. The molecule has 2 unspecified atom stereocenters. The van der Waals surface area contributed by atoms with Crippen LogP contribution in [0.15, 0.2) is 0 Å². The fraction of sp³-hybridized carbons (Fsp3) is 0.846. The Hall–Kier alpha value is -1.30. The van der Waals surface area contributed by atoms with Crippen molar-refractivity contribution in [2.45, 2.75) is 37.8 Å². The third kappa shape index (κ3) is 3.00. The number of carbonyl (C=O) groups excluding carboxylic acids is 2. The number of carbonyl (C=O) groups is 2. The molecule has 3 aliphatic rings. The van der Waals surface area contributed by atoms with Gasteiger partial charge in [-0.25, -0.2) is 4.79 Å². The van der Waals surface area contributed by atoms with Gasteiger partial charge in [-0.05, 0) is 25.2 Å². The van der Waals surface area contributed by atoms with Gasteiger partial charge in [0.1, 0.15) is 0 Å². The van der Waals surface area contributed by atoms with Crippen LogP contribution in [0.25, 0.3) is 0 Å². The van der Waals surface area contributed by atoms with Crippen LogP contribution in [-0.2, 0) is 9.53 Å². The van der Waals surface area contributed by atoms with Gasteiger partial charge < -0.3 is 20.3 Å². The van der Waals surface area contributed by atoms with E-state index < -0.39 is 0 Å². The molecule has 3 fully saturated rings. The second kappa shape index (κ2) is 5.36. The van der Waals surface area contributed by atoms with Crippen LogP contribution < -0.4 is 10.6 Å². The maximum absolute atomic E-state index is 12.2. The summed E-state index contributed by atoms with van der Waals surface area (Å²) in [5.74, 6) is 0.674. The molecule has 0 bridgehead atoms. The average Bonchev–Trinajstić information content (AvgIpc) is 3.26. The van der Waals surface area contributed by atoms with Crippen LogP contribution in [0.3, 0.4) is 0 Å². The number of hydrogen-bond acceptors (Lipinski definition) is 3. The van der Waals surface area contributed by atoms with E-state index in [0.29, 0.717) is 38.6 Å². The molecule has 106 valence electrons. The van der Waals surface area contributed by atoms with E-state index >= 15 is 0 Å². The van der Waals surface area contributed by atoms with Crippen molar-refractivity contribution in [3.63, 3.8) is 0 Å². The fourth-order valence-corrected chi connectivity index (χ4v) is 2.90. The predicted octanol–water partition coefficient (Wildman–Crippen LogP) is 0.0854. The highest BCUT2D eigenvalue weighted by Crippen LogP contribution is 2.36. The Labute approximate surface area is 112 Å². The minimum absolute atomic E-state index is 0.0184. The first kappa shape index (κ1) is 12.7. The zero-order valence-corrected chi connectivity index (χ0v) is 11.1. The Morgan fingerprint density at radius 2 is 2.00 bits per heavy atom. The summed E-state index contributed by atoms with van der Waals surface area (Å²) in [5, 5.41) is 6.14. The second-order valence-electron chi connectivity index (χ2n) is 5.62. The van der Waals surface area contributed by atoms with Crippen molar-refractivity contribution in [3.05, 3.63) is 0 Å². The van der Waals surface area contributed by atoms with Gasteiger partial charge in [-0.2, -0.15) is 0 Å². The molecule has 6 nitrogen and oxygen atoms in total. The van der Waals surface area contributed by atoms with Gasteiger partial charge in [-0.15, -0.1) is 0 Å². The van der Waals surface area contributed by atoms with E-state index in [9.17, 15) is 9.59 Å². The quantitative estimate of drug-likeness (QED) is 0.744. The predicted molar refractivity (Wildman–Crippen MR) is 68.6 cm³/mol. The van der Waals surface area contributed by atoms with Gasteiger partial charge in [0.05, 0.1) is 25.3 Å². The highest BCUT2D eigenvalue weighted by atomic mass is 16.5. The van der Waals surface area contributed by atoms with Crippen molar-refractivity contribution in [3.8, 4) is 0 Å². The molecule has 2 heterocycles. The second-order valence-corrected chi connectivity index (χ2v) is 5.62. The van der Waals surface area contributed by atoms with E-state index in [1.54, 1.807) is 4.90 Å². The zero-order chi connectivity index (χ0) is 13.2. The van der Waals surface area contributed by atoms with Crippen LogP contribution in [0.5, 0.6) is 0 Å². The minimum atomic E-state index is -0.0184. The van der Waals surface area contributed by atoms with E-state index in [1.165, 1.54) is 0 Å². The third-order valence-corrected chi connectivity index (χ3v) is 4.18. The van der Waals surface area contributed by atoms with E-state index in [4.69, 9.17) is 4.74 Å². The van der Waals surface area contributed by atoms with E-state index in [2.05, 4.69) is 10.6 Å². The number of hydrogen-bond donors (Lipinski definition) is 2. The largest absolute Gasteiger partial charge is 0.378 e. The number of urea groups is 1. The number of nitrogens with zero attached hydrogens (tertiary/aromatic N) is 1. The van der Waals surface area contributed by atoms with Crippen LogP contribution >= 0.6 is 0 Å². The Morgan fingerprint density at radius 1 is 1.26 bits per heavy atom. The summed E-state index contributed by atoms with van der Waals surface area (Å²) >= 11 is 0. The first-order valence-electron chi connectivity index (χ1n) is 7.16. The van der Waals surface area contributed by atoms with Crippen molar-refractivity contribution in [1.82, 2.24) is 15.5 Å². The van der Waals surface area contributed by atoms with Crippen LogP contribution in [0.2, 0.25) is 0 Å². The molecule has 3 amide bonds. The summed E-state index contributed by atoms with van der Waals surface area (Å²) in [6.45, 7) is 2.53. The van der Waals surface area contributed by atoms with Crippen molar-refractivity contribution in [2.24, 2.45) is 5.92 Å². The van der Waals surface area contributed by atoms with Crippen molar-refractivity contribution in [1.29, 1.82) is 0 Å². The molecule has 0 aromatic carbocycles. The molecular formula is C13H21N3O3. The topological polar surface area (TPSA) is 70.7 Å². The molecule has 0 aromatic heterocycles. The maximum Gasteiger partial charge on any atom is 0.317 e. The Morgan fingerprint density at radius 3 is 2.68 bits per heavy atom. The monoisotopic (exact) mass is 267 g/mol. The summed E-state index contributed by atoms with van der Waals surface area (Å²) < 4.78 is 5.24. The first-order chi connectivity index (χ1) is 9.24. The number of piperidine rings is 1. The fourth-order valence-electron chi connectivity index (χ4n) is 2.90. The van der Waals surface area contributed by atoms with Crippen LogP contribution in [0.1, 0.15) is 25.7 Å². The molecular weight excluding hydrogens is 246 g/mol. The van der Waals surface area contributed by atoms with Gasteiger partial charge >= 0.3 is 6.03 Å². The number of ether oxygens (including phenoxy) is 1. The molecule has 1 saturated carbocycles. The van der Waals surface area contributed by atoms with Gasteiger partial charge in [0.2, 0.25) is 5.91 Å². The summed E-state index contributed by atoms with van der Waals surface area (Å²) in [6, 6.07) is 0.196. The molecule has 0 radical (unpaired) electrons. The molecule has 1 aliphatic carbocycles. The Balaban J connectivity index is 1.57. The average molecular weight is 267 g/mol. The van der Waals surface area contributed by atoms with Crippen molar-refractivity contribution >= 4 is 11.9 Å². The molecule has 2 N–H and O–H groups in total. The highest BCUT2D eigenvalue weighted by molar-refractivity contribution is 5.79. The van der Waals surface area contributed by atoms with Crippen LogP contribution in [-0.4, -0.2) is 55.2 Å². The maximum atomic E-state index is 12.2. The lowest BCUT2D eigenvalue weighted by atomic mass is 9.94. The van der Waals surface area contributed by atoms with E-state index in [-0.39, 0.29) is 24.0 Å². The SMILES string of the molecule is O=C1CCC(NC(=O)N2CCOCC2)C(C2CC2)N1. The summed E-state index contributed by atoms with van der Waals surface area (Å²) in [4.78, 5) is 25.5. The van der Waals surface area contributed by atoms with Gasteiger partial charge in [0, 0.05) is 19.5 Å². The van der Waals surface area contributed by atoms with E-state index in [1.807, 2.05) is 0 Å². The molecule has 6 heteroatoms. The van der Waals surface area contributed by atoms with Crippen molar-refractivity contribution < 1.29 is 14.3 Å². The summed E-state index contributed by atoms with van der Waals surface area (Å²) in [7, 11) is 0. The zero-order valence-electron chi connectivity index (χ0n) is 11.1. The van der Waals surface area contributed by atoms with Crippen LogP contribution in [0, 0.1) is 5.92 Å². The molecule has 19 heavy (non-hydrogen) atoms.